The number of non-ortho nitro benzene ring substituents is 2. The van der Waals surface area contributed by atoms with E-state index in [2.05, 4.69) is 5.32 Å². The summed E-state index contributed by atoms with van der Waals surface area (Å²) < 4.78 is 0. The molecule has 2 unspecified atom stereocenters. The van der Waals surface area contributed by atoms with Crippen molar-refractivity contribution >= 4 is 11.4 Å². The average molecular weight is 341 g/mol. The third-order valence-electron chi connectivity index (χ3n) is 5.10. The Morgan fingerprint density at radius 2 is 1.76 bits per heavy atom. The Labute approximate surface area is 142 Å². The summed E-state index contributed by atoms with van der Waals surface area (Å²) in [6.45, 7) is 0.452. The van der Waals surface area contributed by atoms with Crippen LogP contribution in [0.15, 0.2) is 30.3 Å². The van der Waals surface area contributed by atoms with Crippen molar-refractivity contribution in [1.29, 1.82) is 0 Å². The minimum atomic E-state index is -0.524. The molecule has 8 nitrogen and oxygen atoms in total. The number of rotatable bonds is 2. The summed E-state index contributed by atoms with van der Waals surface area (Å²) in [6, 6.07) is 7.55. The number of nitrogens with zero attached hydrogens (tertiary/aromatic N) is 2. The van der Waals surface area contributed by atoms with Crippen LogP contribution in [0.1, 0.15) is 34.6 Å². The van der Waals surface area contributed by atoms with Crippen LogP contribution in [0.3, 0.4) is 0 Å². The van der Waals surface area contributed by atoms with Crippen LogP contribution < -0.4 is 5.32 Å². The van der Waals surface area contributed by atoms with Gasteiger partial charge in [0.05, 0.1) is 15.9 Å². The maximum Gasteiger partial charge on any atom is 0.273 e. The first-order valence-corrected chi connectivity index (χ1v) is 7.96. The Kier molecular flexibility index (Phi) is 3.43. The van der Waals surface area contributed by atoms with Gasteiger partial charge in [-0.3, -0.25) is 20.2 Å². The summed E-state index contributed by atoms with van der Waals surface area (Å²) in [5.74, 6) is -0.263. The van der Waals surface area contributed by atoms with Gasteiger partial charge in [0, 0.05) is 42.3 Å². The second-order valence-corrected chi connectivity index (χ2v) is 6.44. The SMILES string of the molecule is O=[N+]([O-])c1ccc2c(c1)CCC1NCc3cc([N+](=O)[O-])cc(O)c3C21. The summed E-state index contributed by atoms with van der Waals surface area (Å²) in [7, 11) is 0. The van der Waals surface area contributed by atoms with Crippen LogP contribution in [0.2, 0.25) is 0 Å². The number of fused-ring (bicyclic) bond motifs is 5. The molecule has 1 aliphatic heterocycles. The summed E-state index contributed by atoms with van der Waals surface area (Å²) in [5.41, 5.74) is 3.11. The smallest absolute Gasteiger partial charge is 0.273 e. The summed E-state index contributed by atoms with van der Waals surface area (Å²) in [5, 5.41) is 35.9. The zero-order valence-electron chi connectivity index (χ0n) is 13.1. The highest BCUT2D eigenvalue weighted by molar-refractivity contribution is 5.57. The van der Waals surface area contributed by atoms with Crippen molar-refractivity contribution in [3.63, 3.8) is 0 Å². The molecule has 0 saturated carbocycles. The lowest BCUT2D eigenvalue weighted by Gasteiger charge is -2.39. The zero-order chi connectivity index (χ0) is 17.7. The molecule has 8 heteroatoms. The predicted molar refractivity (Wildman–Crippen MR) is 88.6 cm³/mol. The summed E-state index contributed by atoms with van der Waals surface area (Å²) >= 11 is 0. The van der Waals surface area contributed by atoms with E-state index in [1.54, 1.807) is 12.1 Å². The van der Waals surface area contributed by atoms with Gasteiger partial charge >= 0.3 is 0 Å². The highest BCUT2D eigenvalue weighted by atomic mass is 16.6. The second kappa shape index (κ2) is 5.52. The molecular formula is C17H15N3O5. The number of nitrogens with one attached hydrogen (secondary N) is 1. The van der Waals surface area contributed by atoms with Gasteiger partial charge in [-0.25, -0.2) is 0 Å². The largest absolute Gasteiger partial charge is 0.507 e. The monoisotopic (exact) mass is 341 g/mol. The Morgan fingerprint density at radius 3 is 2.48 bits per heavy atom. The molecule has 128 valence electrons. The van der Waals surface area contributed by atoms with Crippen LogP contribution >= 0.6 is 0 Å². The predicted octanol–water partition coefficient (Wildman–Crippen LogP) is 2.76. The first kappa shape index (κ1) is 15.5. The molecule has 0 amide bonds. The summed E-state index contributed by atoms with van der Waals surface area (Å²) in [4.78, 5) is 21.1. The molecule has 2 aromatic carbocycles. The van der Waals surface area contributed by atoms with Crippen molar-refractivity contribution in [3.05, 3.63) is 72.8 Å². The van der Waals surface area contributed by atoms with E-state index >= 15 is 0 Å². The first-order chi connectivity index (χ1) is 12.0. The Bertz CT molecular complexity index is 911. The molecule has 2 atom stereocenters. The zero-order valence-corrected chi connectivity index (χ0v) is 13.1. The van der Waals surface area contributed by atoms with E-state index in [0.717, 1.165) is 17.5 Å². The molecule has 0 radical (unpaired) electrons. The molecule has 0 fully saturated rings. The Morgan fingerprint density at radius 1 is 1.04 bits per heavy atom. The van der Waals surface area contributed by atoms with E-state index in [1.165, 1.54) is 18.2 Å². The minimum absolute atomic E-state index is 0.0501. The van der Waals surface area contributed by atoms with Gasteiger partial charge in [0.15, 0.2) is 0 Å². The van der Waals surface area contributed by atoms with E-state index in [1.807, 2.05) is 0 Å². The molecule has 1 heterocycles. The normalized spacial score (nSPS) is 21.0. The van der Waals surface area contributed by atoms with Gasteiger partial charge in [-0.15, -0.1) is 0 Å². The third kappa shape index (κ3) is 2.42. The molecule has 4 rings (SSSR count). The van der Waals surface area contributed by atoms with E-state index in [4.69, 9.17) is 0 Å². The van der Waals surface area contributed by atoms with Crippen molar-refractivity contribution in [3.8, 4) is 5.75 Å². The van der Waals surface area contributed by atoms with Crippen LogP contribution in [0.5, 0.6) is 5.75 Å². The maximum absolute atomic E-state index is 11.0. The van der Waals surface area contributed by atoms with Crippen LogP contribution in [0.4, 0.5) is 11.4 Å². The first-order valence-electron chi connectivity index (χ1n) is 7.96. The van der Waals surface area contributed by atoms with Gasteiger partial charge in [-0.2, -0.15) is 0 Å². The fourth-order valence-electron chi connectivity index (χ4n) is 4.03. The van der Waals surface area contributed by atoms with Gasteiger partial charge in [0.1, 0.15) is 5.75 Å². The molecule has 0 spiro atoms. The molecule has 0 saturated heterocycles. The van der Waals surface area contributed by atoms with Crippen LogP contribution in [-0.4, -0.2) is 21.0 Å². The van der Waals surface area contributed by atoms with Crippen LogP contribution in [0.25, 0.3) is 0 Å². The second-order valence-electron chi connectivity index (χ2n) is 6.44. The topological polar surface area (TPSA) is 119 Å². The maximum atomic E-state index is 11.0. The van der Waals surface area contributed by atoms with E-state index in [9.17, 15) is 25.3 Å². The fraction of sp³-hybridized carbons (Fsp3) is 0.294. The Balaban J connectivity index is 1.87. The molecule has 25 heavy (non-hydrogen) atoms. The number of nitro benzene ring substituents is 2. The highest BCUT2D eigenvalue weighted by Crippen LogP contribution is 2.46. The van der Waals surface area contributed by atoms with Gasteiger partial charge in [0.25, 0.3) is 11.4 Å². The van der Waals surface area contributed by atoms with Crippen molar-refractivity contribution in [2.75, 3.05) is 0 Å². The van der Waals surface area contributed by atoms with Crippen LogP contribution in [0, 0.1) is 20.2 Å². The molecule has 2 aromatic rings. The minimum Gasteiger partial charge on any atom is -0.507 e. The van der Waals surface area contributed by atoms with Gasteiger partial charge in [-0.05, 0) is 29.5 Å². The van der Waals surface area contributed by atoms with E-state index in [-0.39, 0.29) is 29.1 Å². The van der Waals surface area contributed by atoms with Crippen molar-refractivity contribution in [1.82, 2.24) is 5.32 Å². The quantitative estimate of drug-likeness (QED) is 0.640. The average Bonchev–Trinajstić information content (AvgIpc) is 2.60. The summed E-state index contributed by atoms with van der Waals surface area (Å²) in [6.07, 6.45) is 1.50. The number of aromatic hydroxyl groups is 1. The number of aryl methyl sites for hydroxylation is 1. The number of nitro groups is 2. The third-order valence-corrected chi connectivity index (χ3v) is 5.10. The number of hydrogen-bond acceptors (Lipinski definition) is 6. The lowest BCUT2D eigenvalue weighted by Crippen LogP contribution is -2.42. The highest BCUT2D eigenvalue weighted by Gasteiger charge is 2.38. The van der Waals surface area contributed by atoms with E-state index in [0.29, 0.717) is 24.1 Å². The number of phenols is 1. The molecule has 2 N–H and O–H groups in total. The Hall–Kier alpha value is -3.00. The van der Waals surface area contributed by atoms with Crippen molar-refractivity contribution in [2.24, 2.45) is 0 Å². The molecule has 0 bridgehead atoms. The lowest BCUT2D eigenvalue weighted by molar-refractivity contribution is -0.385. The van der Waals surface area contributed by atoms with Gasteiger partial charge in [-0.1, -0.05) is 6.07 Å². The number of benzene rings is 2. The number of phenolic OH excluding ortho intramolecular Hbond substituents is 1. The molecule has 0 aromatic heterocycles. The van der Waals surface area contributed by atoms with Gasteiger partial charge < -0.3 is 10.4 Å². The van der Waals surface area contributed by atoms with Gasteiger partial charge in [0.2, 0.25) is 0 Å². The molecule has 1 aliphatic carbocycles. The lowest BCUT2D eigenvalue weighted by atomic mass is 9.72. The number of hydrogen-bond donors (Lipinski definition) is 2. The molecular weight excluding hydrogens is 326 g/mol. The fourth-order valence-corrected chi connectivity index (χ4v) is 4.03. The van der Waals surface area contributed by atoms with Crippen molar-refractivity contribution in [2.45, 2.75) is 31.3 Å². The van der Waals surface area contributed by atoms with Crippen LogP contribution in [-0.2, 0) is 13.0 Å². The van der Waals surface area contributed by atoms with E-state index < -0.39 is 9.85 Å². The standard InChI is InChI=1S/C17H15N3O5/c21-15-7-12(20(24)25)6-10-8-18-14-4-1-9-5-11(19(22)23)2-3-13(9)17(14)16(10)15/h2-3,5-7,14,17-18,21H,1,4,8H2. The molecule has 2 aliphatic rings. The van der Waals surface area contributed by atoms with Crippen molar-refractivity contribution < 1.29 is 15.0 Å².